The summed E-state index contributed by atoms with van der Waals surface area (Å²) in [5, 5.41) is 0. The van der Waals surface area contributed by atoms with E-state index in [1.54, 1.807) is 0 Å². The second kappa shape index (κ2) is 8.22. The Bertz CT molecular complexity index is 37.5. The van der Waals surface area contributed by atoms with Crippen LogP contribution in [0.25, 0.3) is 0 Å². The van der Waals surface area contributed by atoms with Crippen LogP contribution in [-0.4, -0.2) is 38.4 Å². The van der Waals surface area contributed by atoms with Crippen molar-refractivity contribution < 1.29 is 0 Å². The molecule has 0 aromatic carbocycles. The van der Waals surface area contributed by atoms with Crippen molar-refractivity contribution in [2.45, 2.75) is 38.9 Å². The van der Waals surface area contributed by atoms with E-state index in [1.165, 1.54) is 18.9 Å². The van der Waals surface area contributed by atoms with E-state index in [4.69, 9.17) is 0 Å². The van der Waals surface area contributed by atoms with Crippen molar-refractivity contribution in [2.75, 3.05) is 0 Å². The molecule has 0 aromatic heterocycles. The average Bonchev–Trinajstić information content (AvgIpc) is 1.61. The van der Waals surface area contributed by atoms with Crippen LogP contribution in [0.1, 0.15) is 19.8 Å². The van der Waals surface area contributed by atoms with E-state index in [0.717, 1.165) is 0 Å². The summed E-state index contributed by atoms with van der Waals surface area (Å²) in [6.45, 7) is 7.01. The van der Waals surface area contributed by atoms with E-state index in [-0.39, 0.29) is 38.4 Å². The van der Waals surface area contributed by atoms with Gasteiger partial charge in [-0.25, -0.2) is 0 Å². The van der Waals surface area contributed by atoms with Crippen molar-refractivity contribution in [1.29, 1.82) is 0 Å². The van der Waals surface area contributed by atoms with Crippen LogP contribution in [-0.2, 0) is 0 Å². The molecule has 8 heavy (non-hydrogen) atoms. The summed E-state index contributed by atoms with van der Waals surface area (Å²) in [7, 11) is 0.103. The van der Waals surface area contributed by atoms with Crippen molar-refractivity contribution in [2.24, 2.45) is 0 Å². The monoisotopic (exact) mass is 139 g/mol. The van der Waals surface area contributed by atoms with E-state index >= 15 is 0 Å². The van der Waals surface area contributed by atoms with E-state index in [0.29, 0.717) is 0 Å². The molecule has 45 valence electrons. The predicted molar refractivity (Wildman–Crippen MR) is 44.3 cm³/mol. The van der Waals surface area contributed by atoms with E-state index in [1.807, 2.05) is 0 Å². The second-order valence-electron chi connectivity index (χ2n) is 2.31. The van der Waals surface area contributed by atoms with Gasteiger partial charge in [0.1, 0.15) is 0 Å². The summed E-state index contributed by atoms with van der Waals surface area (Å²) in [4.78, 5) is 0. The van der Waals surface area contributed by atoms with Gasteiger partial charge in [-0.1, -0.05) is 38.9 Å². The SMILES string of the molecule is CCCC[Si](C)C.[NaH]. The van der Waals surface area contributed by atoms with Crippen LogP contribution in [0.3, 0.4) is 0 Å². The number of hydrogen-bond donors (Lipinski definition) is 0. The van der Waals surface area contributed by atoms with Gasteiger partial charge in [0.25, 0.3) is 0 Å². The molecule has 0 unspecified atom stereocenters. The maximum atomic E-state index is 2.38. The van der Waals surface area contributed by atoms with Crippen LogP contribution in [0.15, 0.2) is 0 Å². The van der Waals surface area contributed by atoms with Gasteiger partial charge in [0.05, 0.1) is 0 Å². The topological polar surface area (TPSA) is 0 Å². The van der Waals surface area contributed by atoms with Gasteiger partial charge >= 0.3 is 29.6 Å². The average molecular weight is 139 g/mol. The normalized spacial score (nSPS) is 9.00. The fourth-order valence-corrected chi connectivity index (χ4v) is 1.59. The predicted octanol–water partition coefficient (Wildman–Crippen LogP) is 1.89. The minimum absolute atomic E-state index is 0. The van der Waals surface area contributed by atoms with E-state index < -0.39 is 0 Å². The fraction of sp³-hybridized carbons (Fsp3) is 1.00. The van der Waals surface area contributed by atoms with E-state index in [2.05, 4.69) is 20.0 Å². The Kier molecular flexibility index (Phi) is 12.3. The number of unbranched alkanes of at least 4 members (excludes halogenated alkanes) is 1. The molecule has 0 saturated heterocycles. The minimum atomic E-state index is 0. The van der Waals surface area contributed by atoms with E-state index in [9.17, 15) is 0 Å². The zero-order valence-electron chi connectivity index (χ0n) is 5.62. The van der Waals surface area contributed by atoms with Gasteiger partial charge in [-0.15, -0.1) is 0 Å². The van der Waals surface area contributed by atoms with Gasteiger partial charge in [-0.05, 0) is 0 Å². The summed E-state index contributed by atoms with van der Waals surface area (Å²) in [5.41, 5.74) is 0. The molecular formula is C6H16NaSi. The third kappa shape index (κ3) is 10.2. The van der Waals surface area contributed by atoms with Crippen molar-refractivity contribution >= 4 is 38.4 Å². The molecule has 0 amide bonds. The van der Waals surface area contributed by atoms with Crippen LogP contribution in [0.4, 0.5) is 0 Å². The Balaban J connectivity index is 0. The molecule has 0 rings (SSSR count). The van der Waals surface area contributed by atoms with Gasteiger partial charge in [0.2, 0.25) is 0 Å². The molecule has 0 bridgehead atoms. The van der Waals surface area contributed by atoms with Gasteiger partial charge in [0, 0.05) is 8.80 Å². The fourth-order valence-electron chi connectivity index (χ4n) is 0.530. The maximum absolute atomic E-state index is 2.38. The zero-order valence-corrected chi connectivity index (χ0v) is 6.62. The Hall–Kier alpha value is 1.22. The van der Waals surface area contributed by atoms with Gasteiger partial charge in [-0.3, -0.25) is 0 Å². The number of hydrogen-bond acceptors (Lipinski definition) is 0. The molecule has 0 aliphatic heterocycles. The van der Waals surface area contributed by atoms with Crippen LogP contribution in [0, 0.1) is 0 Å². The van der Waals surface area contributed by atoms with Crippen molar-refractivity contribution in [3.8, 4) is 0 Å². The van der Waals surface area contributed by atoms with Crippen LogP contribution in [0.5, 0.6) is 0 Å². The molecule has 0 atom stereocenters. The summed E-state index contributed by atoms with van der Waals surface area (Å²) in [6.07, 6.45) is 2.82. The zero-order chi connectivity index (χ0) is 5.70. The van der Waals surface area contributed by atoms with Crippen molar-refractivity contribution in [3.05, 3.63) is 0 Å². The molecule has 0 aliphatic carbocycles. The Morgan fingerprint density at radius 1 is 1.25 bits per heavy atom. The molecule has 1 radical (unpaired) electrons. The Morgan fingerprint density at radius 3 is 1.88 bits per heavy atom. The molecule has 0 spiro atoms. The summed E-state index contributed by atoms with van der Waals surface area (Å²) in [5.74, 6) is 0. The molecule has 0 fully saturated rings. The molecule has 2 heteroatoms. The third-order valence-corrected chi connectivity index (χ3v) is 2.38. The van der Waals surface area contributed by atoms with Crippen LogP contribution in [0.2, 0.25) is 19.1 Å². The summed E-state index contributed by atoms with van der Waals surface area (Å²) < 4.78 is 0. The first-order chi connectivity index (χ1) is 3.27. The van der Waals surface area contributed by atoms with Gasteiger partial charge < -0.3 is 0 Å². The van der Waals surface area contributed by atoms with Crippen molar-refractivity contribution in [3.63, 3.8) is 0 Å². The first-order valence-corrected chi connectivity index (χ1v) is 5.77. The quantitative estimate of drug-likeness (QED) is 0.524. The third-order valence-electron chi connectivity index (χ3n) is 1.03. The first-order valence-electron chi connectivity index (χ1n) is 3.06. The number of rotatable bonds is 3. The molecule has 0 aliphatic rings. The Labute approximate surface area is 77.0 Å². The molecular weight excluding hydrogens is 123 g/mol. The first kappa shape index (κ1) is 11.9. The molecule has 0 aromatic rings. The van der Waals surface area contributed by atoms with Crippen LogP contribution < -0.4 is 0 Å². The Morgan fingerprint density at radius 2 is 1.75 bits per heavy atom. The molecule has 0 saturated carbocycles. The summed E-state index contributed by atoms with van der Waals surface area (Å²) in [6, 6.07) is 1.50. The van der Waals surface area contributed by atoms with Gasteiger partial charge in [-0.2, -0.15) is 0 Å². The standard InChI is InChI=1S/C6H15Si.Na.H/c1-4-5-6-7(2)3;;/h4-6H2,1-3H3;;. The van der Waals surface area contributed by atoms with Crippen molar-refractivity contribution in [1.82, 2.24) is 0 Å². The molecule has 0 N–H and O–H groups in total. The second-order valence-corrected chi connectivity index (χ2v) is 5.22. The van der Waals surface area contributed by atoms with Crippen LogP contribution >= 0.6 is 0 Å². The van der Waals surface area contributed by atoms with Gasteiger partial charge in [0.15, 0.2) is 0 Å². The molecule has 0 heterocycles. The summed E-state index contributed by atoms with van der Waals surface area (Å²) >= 11 is 0. The molecule has 0 nitrogen and oxygen atoms in total.